The highest BCUT2D eigenvalue weighted by Crippen LogP contribution is 2.21. The van der Waals surface area contributed by atoms with Crippen molar-refractivity contribution in [2.75, 3.05) is 0 Å². The molecule has 0 aliphatic carbocycles. The second-order valence-electron chi connectivity index (χ2n) is 7.06. The van der Waals surface area contributed by atoms with Crippen molar-refractivity contribution in [1.82, 2.24) is 0 Å². The molecule has 0 aromatic heterocycles. The lowest BCUT2D eigenvalue weighted by molar-refractivity contribution is 0.0969. The minimum atomic E-state index is -1.21. The van der Waals surface area contributed by atoms with Crippen LogP contribution in [0, 0.1) is 0 Å². The van der Waals surface area contributed by atoms with Gasteiger partial charge in [-0.1, -0.05) is 56.6 Å². The molecule has 0 aliphatic heterocycles. The van der Waals surface area contributed by atoms with Crippen LogP contribution in [0.1, 0.15) is 36.0 Å². The molecule has 0 heterocycles. The SMILES string of the molecule is C=C=C(CC(O)CCCC(=O)c1ccccc1)C[Si](C)(C)C. The number of ketones is 1. The predicted molar refractivity (Wildman–Crippen MR) is 96.1 cm³/mol. The third kappa shape index (κ3) is 7.55. The fourth-order valence-electron chi connectivity index (χ4n) is 2.50. The summed E-state index contributed by atoms with van der Waals surface area (Å²) in [6.45, 7) is 10.6. The molecule has 0 saturated carbocycles. The van der Waals surface area contributed by atoms with E-state index in [0.717, 1.165) is 17.2 Å². The second kappa shape index (κ2) is 8.89. The van der Waals surface area contributed by atoms with Gasteiger partial charge in [0.15, 0.2) is 5.78 Å². The highest BCUT2D eigenvalue weighted by Gasteiger charge is 2.17. The van der Waals surface area contributed by atoms with Crippen LogP contribution in [0.3, 0.4) is 0 Å². The number of benzene rings is 1. The van der Waals surface area contributed by atoms with Crippen molar-refractivity contribution in [2.24, 2.45) is 0 Å². The number of carbonyl (C=O) groups excluding carboxylic acids is 1. The Balaban J connectivity index is 2.35. The summed E-state index contributed by atoms with van der Waals surface area (Å²) >= 11 is 0. The molecule has 0 amide bonds. The summed E-state index contributed by atoms with van der Waals surface area (Å²) < 4.78 is 0. The molecule has 1 unspecified atom stereocenters. The molecule has 0 radical (unpaired) electrons. The highest BCUT2D eigenvalue weighted by atomic mass is 28.3. The van der Waals surface area contributed by atoms with E-state index in [1.807, 2.05) is 30.3 Å². The summed E-state index contributed by atoms with van der Waals surface area (Å²) in [6, 6.07) is 10.4. The van der Waals surface area contributed by atoms with Gasteiger partial charge in [0, 0.05) is 26.5 Å². The fraction of sp³-hybridized carbons (Fsp3) is 0.474. The van der Waals surface area contributed by atoms with Crippen LogP contribution in [-0.2, 0) is 0 Å². The van der Waals surface area contributed by atoms with E-state index in [1.165, 1.54) is 0 Å². The highest BCUT2D eigenvalue weighted by molar-refractivity contribution is 6.76. The number of Topliss-reactive ketones (excluding diaryl/α,β-unsaturated/α-hetero) is 1. The van der Waals surface area contributed by atoms with Crippen molar-refractivity contribution in [3.8, 4) is 0 Å². The van der Waals surface area contributed by atoms with Gasteiger partial charge >= 0.3 is 0 Å². The van der Waals surface area contributed by atoms with E-state index < -0.39 is 14.2 Å². The molecule has 120 valence electrons. The van der Waals surface area contributed by atoms with Crippen LogP contribution in [-0.4, -0.2) is 25.1 Å². The van der Waals surface area contributed by atoms with Crippen LogP contribution in [0.4, 0.5) is 0 Å². The summed E-state index contributed by atoms with van der Waals surface area (Å²) in [5.41, 5.74) is 4.87. The topological polar surface area (TPSA) is 37.3 Å². The van der Waals surface area contributed by atoms with Crippen molar-refractivity contribution in [3.05, 3.63) is 53.8 Å². The molecule has 1 rings (SSSR count). The Morgan fingerprint density at radius 1 is 1.27 bits per heavy atom. The van der Waals surface area contributed by atoms with E-state index in [4.69, 9.17) is 0 Å². The molecule has 1 aromatic rings. The van der Waals surface area contributed by atoms with E-state index in [9.17, 15) is 9.90 Å². The Labute approximate surface area is 135 Å². The van der Waals surface area contributed by atoms with Gasteiger partial charge in [0.05, 0.1) is 6.10 Å². The lowest BCUT2D eigenvalue weighted by Gasteiger charge is -2.19. The van der Waals surface area contributed by atoms with Gasteiger partial charge in [-0.15, -0.1) is 5.73 Å². The van der Waals surface area contributed by atoms with Crippen molar-refractivity contribution in [3.63, 3.8) is 0 Å². The summed E-state index contributed by atoms with van der Waals surface area (Å²) in [7, 11) is -1.21. The lowest BCUT2D eigenvalue weighted by atomic mass is 10.0. The minimum Gasteiger partial charge on any atom is -0.393 e. The van der Waals surface area contributed by atoms with Crippen LogP contribution in [0.15, 0.2) is 48.2 Å². The standard InChI is InChI=1S/C19H28O2Si/c1-5-16(15-22(2,3)4)14-18(20)12-9-13-19(21)17-10-7-6-8-11-17/h6-8,10-11,18,20H,1,9,12-15H2,2-4H3. The molecule has 0 spiro atoms. The normalized spacial score (nSPS) is 12.5. The zero-order chi connectivity index (χ0) is 16.6. The Hall–Kier alpha value is -1.41. The first-order chi connectivity index (χ1) is 10.3. The van der Waals surface area contributed by atoms with Crippen LogP contribution in [0.5, 0.6) is 0 Å². The summed E-state index contributed by atoms with van der Waals surface area (Å²) in [5.74, 6) is 0.148. The van der Waals surface area contributed by atoms with Gasteiger partial charge in [-0.25, -0.2) is 0 Å². The molecule has 0 bridgehead atoms. The zero-order valence-electron chi connectivity index (χ0n) is 14.1. The van der Waals surface area contributed by atoms with Gasteiger partial charge in [0.25, 0.3) is 0 Å². The number of carbonyl (C=O) groups is 1. The fourth-order valence-corrected chi connectivity index (χ4v) is 4.05. The maximum Gasteiger partial charge on any atom is 0.162 e. The molecule has 2 nitrogen and oxygen atoms in total. The monoisotopic (exact) mass is 316 g/mol. The number of hydrogen-bond donors (Lipinski definition) is 1. The molecule has 22 heavy (non-hydrogen) atoms. The molecule has 1 N–H and O–H groups in total. The third-order valence-corrected chi connectivity index (χ3v) is 5.00. The van der Waals surface area contributed by atoms with Gasteiger partial charge in [-0.05, 0) is 24.5 Å². The molecule has 0 aliphatic rings. The quantitative estimate of drug-likeness (QED) is 0.402. The molecule has 1 aromatic carbocycles. The Morgan fingerprint density at radius 3 is 2.45 bits per heavy atom. The van der Waals surface area contributed by atoms with Crippen molar-refractivity contribution in [1.29, 1.82) is 0 Å². The molecular formula is C19H28O2Si. The molecule has 3 heteroatoms. The van der Waals surface area contributed by atoms with Gasteiger partial charge in [-0.2, -0.15) is 0 Å². The van der Waals surface area contributed by atoms with Crippen molar-refractivity contribution < 1.29 is 9.90 Å². The smallest absolute Gasteiger partial charge is 0.162 e. The van der Waals surface area contributed by atoms with E-state index in [-0.39, 0.29) is 5.78 Å². The van der Waals surface area contributed by atoms with E-state index in [1.54, 1.807) is 0 Å². The second-order valence-corrected chi connectivity index (χ2v) is 12.5. The molecule has 0 fully saturated rings. The third-order valence-electron chi connectivity index (χ3n) is 3.51. The average Bonchev–Trinajstić information content (AvgIpc) is 2.46. The van der Waals surface area contributed by atoms with E-state index in [2.05, 4.69) is 32.0 Å². The van der Waals surface area contributed by atoms with Gasteiger partial charge in [0.1, 0.15) is 0 Å². The summed E-state index contributed by atoms with van der Waals surface area (Å²) in [4.78, 5) is 12.0. The first-order valence-corrected chi connectivity index (χ1v) is 11.7. The van der Waals surface area contributed by atoms with Crippen LogP contribution in [0.2, 0.25) is 25.7 Å². The Bertz CT molecular complexity index is 522. The first-order valence-electron chi connectivity index (χ1n) is 7.96. The van der Waals surface area contributed by atoms with Crippen LogP contribution in [0.25, 0.3) is 0 Å². The summed E-state index contributed by atoms with van der Waals surface area (Å²) in [5, 5.41) is 10.1. The molecule has 1 atom stereocenters. The first kappa shape index (κ1) is 18.6. The van der Waals surface area contributed by atoms with Gasteiger partial charge < -0.3 is 5.11 Å². The predicted octanol–water partition coefficient (Wildman–Crippen LogP) is 4.84. The minimum absolute atomic E-state index is 0.148. The lowest BCUT2D eigenvalue weighted by Crippen LogP contribution is -2.21. The van der Waals surface area contributed by atoms with Crippen LogP contribution < -0.4 is 0 Å². The average molecular weight is 317 g/mol. The molecular weight excluding hydrogens is 288 g/mol. The number of aliphatic hydroxyl groups excluding tert-OH is 1. The van der Waals surface area contributed by atoms with Crippen molar-refractivity contribution in [2.45, 2.75) is 57.5 Å². The molecule has 0 saturated heterocycles. The van der Waals surface area contributed by atoms with E-state index in [0.29, 0.717) is 25.7 Å². The van der Waals surface area contributed by atoms with Gasteiger partial charge in [0.2, 0.25) is 0 Å². The number of aliphatic hydroxyl groups is 1. The Kier molecular flexibility index (Phi) is 7.53. The van der Waals surface area contributed by atoms with E-state index >= 15 is 0 Å². The van der Waals surface area contributed by atoms with Crippen LogP contribution >= 0.6 is 0 Å². The number of hydrogen-bond acceptors (Lipinski definition) is 2. The maximum absolute atomic E-state index is 12.0. The largest absolute Gasteiger partial charge is 0.393 e. The summed E-state index contributed by atoms with van der Waals surface area (Å²) in [6.07, 6.45) is 2.08. The Morgan fingerprint density at radius 2 is 1.91 bits per heavy atom. The van der Waals surface area contributed by atoms with Gasteiger partial charge in [-0.3, -0.25) is 4.79 Å². The zero-order valence-corrected chi connectivity index (χ0v) is 15.1. The van der Waals surface area contributed by atoms with Crippen molar-refractivity contribution >= 4 is 13.9 Å². The number of rotatable bonds is 9. The maximum atomic E-state index is 12.0.